The first-order valence-corrected chi connectivity index (χ1v) is 14.5. The van der Waals surface area contributed by atoms with E-state index in [2.05, 4.69) is 10.6 Å². The van der Waals surface area contributed by atoms with Crippen molar-refractivity contribution in [2.45, 2.75) is 18.6 Å². The average Bonchev–Trinajstić information content (AvgIpc) is 3.19. The van der Waals surface area contributed by atoms with E-state index < -0.39 is 59.7 Å². The molecule has 3 aromatic rings. The number of hydrogen-bond acceptors (Lipinski definition) is 3. The summed E-state index contributed by atoms with van der Waals surface area (Å²) in [6.45, 7) is 2.61. The van der Waals surface area contributed by atoms with Gasteiger partial charge < -0.3 is 20.1 Å². The molecule has 1 heterocycles. The fourth-order valence-corrected chi connectivity index (χ4v) is 5.78. The molecular weight excluding hydrogens is 564 g/mol. The van der Waals surface area contributed by atoms with Gasteiger partial charge in [-0.25, -0.2) is 13.6 Å². The second-order valence-electron chi connectivity index (χ2n) is 9.24. The third-order valence-electron chi connectivity index (χ3n) is 6.16. The molecule has 1 fully saturated rings. The largest absolute Gasteiger partial charge is 0.421 e. The first kappa shape index (κ1) is 28.6. The zero-order chi connectivity index (χ0) is 28.7. The lowest BCUT2D eigenvalue weighted by Gasteiger charge is -2.24. The number of amides is 3. The highest BCUT2D eigenvalue weighted by Gasteiger charge is 2.43. The van der Waals surface area contributed by atoms with Crippen molar-refractivity contribution >= 4 is 47.4 Å². The third-order valence-corrected chi connectivity index (χ3v) is 7.94. The molecule has 6 nitrogen and oxygen atoms in total. The summed E-state index contributed by atoms with van der Waals surface area (Å²) in [6, 6.07) is 9.30. The number of rotatable bonds is 5. The van der Waals surface area contributed by atoms with Crippen LogP contribution in [-0.4, -0.2) is 37.9 Å². The number of carbonyl (C=O) groups excluding carboxylic acids is 2. The Balaban J connectivity index is 1.64. The number of urea groups is 1. The molecule has 39 heavy (non-hydrogen) atoms. The molecule has 0 saturated carbocycles. The zero-order valence-corrected chi connectivity index (χ0v) is 22.2. The summed E-state index contributed by atoms with van der Waals surface area (Å²) < 4.78 is 84.8. The van der Waals surface area contributed by atoms with Gasteiger partial charge in [0.25, 0.3) is 0 Å². The Hall–Kier alpha value is -3.43. The molecule has 0 aromatic heterocycles. The number of anilines is 2. The van der Waals surface area contributed by atoms with Crippen molar-refractivity contribution in [1.82, 2.24) is 5.32 Å². The van der Waals surface area contributed by atoms with Crippen molar-refractivity contribution < 1.29 is 36.1 Å². The Labute approximate surface area is 225 Å². The van der Waals surface area contributed by atoms with Crippen molar-refractivity contribution in [2.75, 3.05) is 30.1 Å². The highest BCUT2D eigenvalue weighted by atomic mass is 35.5. The van der Waals surface area contributed by atoms with Crippen LogP contribution in [0, 0.1) is 11.6 Å². The van der Waals surface area contributed by atoms with E-state index in [4.69, 9.17) is 11.6 Å². The van der Waals surface area contributed by atoms with Crippen molar-refractivity contribution in [3.63, 3.8) is 0 Å². The lowest BCUT2D eigenvalue weighted by molar-refractivity contribution is -0.139. The van der Waals surface area contributed by atoms with Gasteiger partial charge in [0.2, 0.25) is 5.91 Å². The summed E-state index contributed by atoms with van der Waals surface area (Å²) >= 11 is 5.67. The molecule has 0 spiro atoms. The van der Waals surface area contributed by atoms with Crippen LogP contribution in [0.25, 0.3) is 11.1 Å². The average molecular weight is 586 g/mol. The minimum atomic E-state index is -5.18. The zero-order valence-electron chi connectivity index (χ0n) is 20.6. The van der Waals surface area contributed by atoms with Gasteiger partial charge >= 0.3 is 12.2 Å². The van der Waals surface area contributed by atoms with Gasteiger partial charge in [-0.1, -0.05) is 35.9 Å². The van der Waals surface area contributed by atoms with E-state index in [-0.39, 0.29) is 34.5 Å². The van der Waals surface area contributed by atoms with Crippen LogP contribution in [0.1, 0.15) is 12.0 Å². The molecule has 3 aromatic carbocycles. The second kappa shape index (κ2) is 10.6. The van der Waals surface area contributed by atoms with Crippen molar-refractivity contribution in [3.8, 4) is 11.1 Å². The van der Waals surface area contributed by atoms with Crippen LogP contribution in [0.5, 0.6) is 0 Å². The molecule has 206 valence electrons. The van der Waals surface area contributed by atoms with Gasteiger partial charge in [-0.2, -0.15) is 13.2 Å². The van der Waals surface area contributed by atoms with Crippen LogP contribution < -0.4 is 20.8 Å². The van der Waals surface area contributed by atoms with Crippen LogP contribution in [0.15, 0.2) is 54.6 Å². The fourth-order valence-electron chi connectivity index (χ4n) is 4.40. The minimum absolute atomic E-state index is 0.0544. The summed E-state index contributed by atoms with van der Waals surface area (Å²) in [4.78, 5) is 26.1. The fraction of sp³-hybridized carbons (Fsp3) is 0.231. The number of halogens is 6. The molecule has 1 saturated heterocycles. The van der Waals surface area contributed by atoms with Crippen LogP contribution in [0.4, 0.5) is 38.1 Å². The van der Waals surface area contributed by atoms with Gasteiger partial charge in [-0.15, -0.1) is 0 Å². The lowest BCUT2D eigenvalue weighted by atomic mass is 9.99. The topological polar surface area (TPSA) is 78.5 Å². The van der Waals surface area contributed by atoms with Crippen LogP contribution >= 0.6 is 18.7 Å². The van der Waals surface area contributed by atoms with Gasteiger partial charge in [-0.05, 0) is 55.6 Å². The molecule has 0 radical (unpaired) electrons. The van der Waals surface area contributed by atoms with Gasteiger partial charge in [0.05, 0.1) is 11.4 Å². The molecule has 2 N–H and O–H groups in total. The molecule has 13 heteroatoms. The molecule has 0 aliphatic carbocycles. The van der Waals surface area contributed by atoms with Crippen LogP contribution in [0.2, 0.25) is 5.02 Å². The molecule has 1 atom stereocenters. The second-order valence-corrected chi connectivity index (χ2v) is 12.9. The van der Waals surface area contributed by atoms with Gasteiger partial charge in [0, 0.05) is 22.4 Å². The number of benzene rings is 3. The first-order valence-electron chi connectivity index (χ1n) is 11.6. The lowest BCUT2D eigenvalue weighted by Crippen LogP contribution is -2.43. The molecule has 0 bridgehead atoms. The molecule has 1 aliphatic heterocycles. The predicted molar refractivity (Wildman–Crippen MR) is 140 cm³/mol. The van der Waals surface area contributed by atoms with E-state index in [1.807, 2.05) is 0 Å². The number of alkyl halides is 3. The van der Waals surface area contributed by atoms with Crippen LogP contribution in [-0.2, 0) is 15.5 Å². The number of nitrogens with one attached hydrogen (secondary N) is 2. The molecule has 1 aliphatic rings. The van der Waals surface area contributed by atoms with Gasteiger partial charge in [-0.3, -0.25) is 4.79 Å². The van der Waals surface area contributed by atoms with E-state index in [1.165, 1.54) is 43.7 Å². The van der Waals surface area contributed by atoms with E-state index >= 15 is 4.39 Å². The Morgan fingerprint density at radius 2 is 1.74 bits per heavy atom. The van der Waals surface area contributed by atoms with Crippen molar-refractivity contribution in [2.24, 2.45) is 0 Å². The highest BCUT2D eigenvalue weighted by molar-refractivity contribution is 7.70. The summed E-state index contributed by atoms with van der Waals surface area (Å²) in [6.07, 6.45) is -5.25. The SMILES string of the molecule is CP(C)(=O)c1ccccc1-c1ccc(N2CC[C@@H](NC(=O)Nc3ccc(Cl)cc3F)C2=O)c(C(F)(F)F)c1F. The Morgan fingerprint density at radius 1 is 1.05 bits per heavy atom. The maximum absolute atomic E-state index is 15.6. The molecule has 3 amide bonds. The Kier molecular flexibility index (Phi) is 7.78. The van der Waals surface area contributed by atoms with E-state index in [1.54, 1.807) is 6.07 Å². The number of hydrogen-bond donors (Lipinski definition) is 2. The van der Waals surface area contributed by atoms with Crippen molar-refractivity contribution in [1.29, 1.82) is 0 Å². The van der Waals surface area contributed by atoms with Gasteiger partial charge in [0.15, 0.2) is 0 Å². The summed E-state index contributed by atoms with van der Waals surface area (Å²) in [5.74, 6) is -3.33. The highest BCUT2D eigenvalue weighted by Crippen LogP contribution is 2.45. The smallest absolute Gasteiger partial charge is 0.326 e. The third kappa shape index (κ3) is 5.94. The molecular formula is C26H22ClF5N3O3P. The number of carbonyl (C=O) groups is 2. The molecule has 4 rings (SSSR count). The van der Waals surface area contributed by atoms with E-state index in [0.717, 1.165) is 23.1 Å². The molecule has 0 unspecified atom stereocenters. The Morgan fingerprint density at radius 3 is 2.38 bits per heavy atom. The van der Waals surface area contributed by atoms with Gasteiger partial charge in [0.1, 0.15) is 30.4 Å². The standard InChI is InChI=1S/C26H22ClF5N3O3P/c1-39(2,38)21-6-4-3-5-15(21)16-8-10-20(22(23(16)29)26(30,31)32)35-12-11-19(24(35)36)34-25(37)33-18-9-7-14(27)13-17(18)28/h3-10,13,19H,11-12H2,1-2H3,(H2,33,34,37)/t19-/m1/s1. The predicted octanol–water partition coefficient (Wildman–Crippen LogP) is 6.48. The normalized spacial score (nSPS) is 15.9. The summed E-state index contributed by atoms with van der Waals surface area (Å²) in [7, 11) is -2.98. The summed E-state index contributed by atoms with van der Waals surface area (Å²) in [5, 5.41) is 4.83. The van der Waals surface area contributed by atoms with E-state index in [9.17, 15) is 31.7 Å². The Bertz CT molecular complexity index is 1510. The summed E-state index contributed by atoms with van der Waals surface area (Å²) in [5.41, 5.74) is -2.94. The maximum atomic E-state index is 15.6. The quantitative estimate of drug-likeness (QED) is 0.266. The maximum Gasteiger partial charge on any atom is 0.421 e. The minimum Gasteiger partial charge on any atom is -0.326 e. The van der Waals surface area contributed by atoms with Crippen LogP contribution in [0.3, 0.4) is 0 Å². The monoisotopic (exact) mass is 585 g/mol. The number of nitrogens with zero attached hydrogens (tertiary/aromatic N) is 1. The van der Waals surface area contributed by atoms with Crippen molar-refractivity contribution in [3.05, 3.63) is 76.8 Å². The first-order chi connectivity index (χ1) is 18.2. The van der Waals surface area contributed by atoms with E-state index in [0.29, 0.717) is 0 Å².